The number of carbonyl (C=O) groups excluding carboxylic acids is 1. The smallest absolute Gasteiger partial charge is 0.164 e. The minimum absolute atomic E-state index is 0.0523. The summed E-state index contributed by atoms with van der Waals surface area (Å²) in [5.41, 5.74) is 4.09. The number of rotatable bonds is 4. The molecule has 3 atom stereocenters. The molecule has 5 nitrogen and oxygen atoms in total. The summed E-state index contributed by atoms with van der Waals surface area (Å²) >= 11 is 0. The second-order valence-corrected chi connectivity index (χ2v) is 7.72. The Morgan fingerprint density at radius 1 is 1.03 bits per heavy atom. The van der Waals surface area contributed by atoms with Crippen LogP contribution >= 0.6 is 0 Å². The van der Waals surface area contributed by atoms with Crippen molar-refractivity contribution < 1.29 is 14.3 Å². The van der Waals surface area contributed by atoms with Crippen LogP contribution < -0.4 is 9.47 Å². The van der Waals surface area contributed by atoms with E-state index >= 15 is 0 Å². The molecule has 2 aliphatic rings. The Morgan fingerprint density at radius 3 is 2.47 bits per heavy atom. The van der Waals surface area contributed by atoms with E-state index in [0.29, 0.717) is 29.9 Å². The van der Waals surface area contributed by atoms with Crippen molar-refractivity contribution in [3.63, 3.8) is 0 Å². The maximum absolute atomic E-state index is 13.4. The van der Waals surface area contributed by atoms with E-state index in [2.05, 4.69) is 18.2 Å². The van der Waals surface area contributed by atoms with Crippen molar-refractivity contribution in [3.8, 4) is 17.6 Å². The third-order valence-corrected chi connectivity index (χ3v) is 6.07. The molecule has 2 aromatic rings. The first-order valence-electron chi connectivity index (χ1n) is 10.1. The minimum Gasteiger partial charge on any atom is -0.493 e. The van der Waals surface area contributed by atoms with Crippen LogP contribution in [0.15, 0.2) is 64.8 Å². The molecule has 0 spiro atoms. The van der Waals surface area contributed by atoms with Gasteiger partial charge in [-0.05, 0) is 30.9 Å². The topological polar surface area (TPSA) is 71.7 Å². The number of ketones is 1. The van der Waals surface area contributed by atoms with Crippen molar-refractivity contribution in [1.29, 1.82) is 5.26 Å². The predicted octanol–water partition coefficient (Wildman–Crippen LogP) is 4.80. The van der Waals surface area contributed by atoms with E-state index in [-0.39, 0.29) is 11.7 Å². The predicted molar refractivity (Wildman–Crippen MR) is 115 cm³/mol. The van der Waals surface area contributed by atoms with Crippen LogP contribution in [0.4, 0.5) is 0 Å². The van der Waals surface area contributed by atoms with E-state index in [4.69, 9.17) is 14.5 Å². The lowest BCUT2D eigenvalue weighted by Gasteiger charge is -2.35. The van der Waals surface area contributed by atoms with Gasteiger partial charge in [0.05, 0.1) is 26.2 Å². The zero-order valence-electron chi connectivity index (χ0n) is 17.4. The first kappa shape index (κ1) is 19.9. The van der Waals surface area contributed by atoms with Crippen LogP contribution in [0.2, 0.25) is 0 Å². The number of para-hydroxylation sites is 1. The van der Waals surface area contributed by atoms with Crippen LogP contribution in [0, 0.1) is 17.2 Å². The number of allylic oxidation sites excluding steroid dienone is 2. The highest BCUT2D eigenvalue weighted by atomic mass is 16.5. The largest absolute Gasteiger partial charge is 0.493 e. The van der Waals surface area contributed by atoms with E-state index in [1.54, 1.807) is 14.2 Å². The van der Waals surface area contributed by atoms with Crippen molar-refractivity contribution in [2.75, 3.05) is 14.2 Å². The number of nitrogens with zero attached hydrogens (tertiary/aromatic N) is 2. The number of Topliss-reactive ketones (excluding diaryl/α,β-unsaturated/α-hetero) is 1. The van der Waals surface area contributed by atoms with Gasteiger partial charge in [-0.3, -0.25) is 9.79 Å². The summed E-state index contributed by atoms with van der Waals surface area (Å²) in [7, 11) is 3.16. The van der Waals surface area contributed by atoms with Gasteiger partial charge in [-0.2, -0.15) is 5.26 Å². The number of hydrogen-bond donors (Lipinski definition) is 0. The second kappa shape index (κ2) is 8.16. The van der Waals surface area contributed by atoms with Gasteiger partial charge in [0, 0.05) is 34.9 Å². The van der Waals surface area contributed by atoms with Crippen LogP contribution in [0.5, 0.6) is 11.5 Å². The number of benzene rings is 2. The molecule has 30 heavy (non-hydrogen) atoms. The summed E-state index contributed by atoms with van der Waals surface area (Å²) in [5.74, 6) is 0.347. The van der Waals surface area contributed by atoms with E-state index in [1.165, 1.54) is 0 Å². The Balaban J connectivity index is 1.85. The Labute approximate surface area is 176 Å². The Hall–Kier alpha value is -3.39. The fourth-order valence-electron chi connectivity index (χ4n) is 4.68. The highest BCUT2D eigenvalue weighted by Crippen LogP contribution is 2.49. The van der Waals surface area contributed by atoms with Gasteiger partial charge >= 0.3 is 0 Å². The van der Waals surface area contributed by atoms with Crippen LogP contribution in [0.1, 0.15) is 42.7 Å². The molecular weight excluding hydrogens is 376 g/mol. The molecule has 0 aromatic heterocycles. The Bertz CT molecular complexity index is 1080. The molecule has 1 aliphatic heterocycles. The first-order valence-corrected chi connectivity index (χ1v) is 10.1. The second-order valence-electron chi connectivity index (χ2n) is 7.72. The molecule has 4 rings (SSSR count). The molecule has 0 amide bonds. The molecule has 0 fully saturated rings. The number of methoxy groups -OCH3 is 2. The number of hydrogen-bond acceptors (Lipinski definition) is 5. The van der Waals surface area contributed by atoms with E-state index in [9.17, 15) is 10.1 Å². The highest BCUT2D eigenvalue weighted by Gasteiger charge is 2.42. The van der Waals surface area contributed by atoms with Gasteiger partial charge in [0.2, 0.25) is 0 Å². The quantitative estimate of drug-likeness (QED) is 0.739. The van der Waals surface area contributed by atoms with E-state index < -0.39 is 11.8 Å². The molecule has 0 saturated heterocycles. The number of carbonyl (C=O) groups is 1. The monoisotopic (exact) mass is 400 g/mol. The molecular formula is C25H24N2O3. The van der Waals surface area contributed by atoms with Crippen LogP contribution in [-0.2, 0) is 4.79 Å². The van der Waals surface area contributed by atoms with Crippen LogP contribution in [0.25, 0.3) is 0 Å². The van der Waals surface area contributed by atoms with Gasteiger partial charge < -0.3 is 9.47 Å². The number of ether oxygens (including phenoxy) is 2. The average Bonchev–Trinajstić information content (AvgIpc) is 2.77. The van der Waals surface area contributed by atoms with E-state index in [0.717, 1.165) is 22.5 Å². The maximum Gasteiger partial charge on any atom is 0.164 e. The third kappa shape index (κ3) is 3.29. The van der Waals surface area contributed by atoms with Crippen molar-refractivity contribution in [1.82, 2.24) is 0 Å². The summed E-state index contributed by atoms with van der Waals surface area (Å²) in [6.07, 6.45) is 1.10. The fourth-order valence-corrected chi connectivity index (χ4v) is 4.68. The zero-order chi connectivity index (χ0) is 21.3. The van der Waals surface area contributed by atoms with Crippen molar-refractivity contribution >= 4 is 11.5 Å². The average molecular weight is 400 g/mol. The molecule has 5 heteroatoms. The summed E-state index contributed by atoms with van der Waals surface area (Å²) in [6.45, 7) is 1.87. The molecule has 152 valence electrons. The lowest BCUT2D eigenvalue weighted by atomic mass is 9.69. The first-order chi connectivity index (χ1) is 14.6. The summed E-state index contributed by atoms with van der Waals surface area (Å²) in [5, 5.41) is 9.95. The van der Waals surface area contributed by atoms with Crippen LogP contribution in [0.3, 0.4) is 0 Å². The zero-order valence-corrected chi connectivity index (χ0v) is 17.4. The number of nitriles is 1. The standard InChI is InChI=1S/C25H24N2O3/c1-15-19(14-26)23(18-10-7-11-22(29-2)25(18)30-3)24-20(27-15)12-17(13-21(24)28)16-8-5-4-6-9-16/h4-11,17,19,23H,12-13H2,1-3H3. The molecule has 0 bridgehead atoms. The van der Waals surface area contributed by atoms with Gasteiger partial charge in [0.25, 0.3) is 0 Å². The highest BCUT2D eigenvalue weighted by molar-refractivity contribution is 6.03. The Kier molecular flexibility index (Phi) is 5.41. The molecule has 0 saturated carbocycles. The van der Waals surface area contributed by atoms with Gasteiger partial charge in [0.1, 0.15) is 0 Å². The van der Waals surface area contributed by atoms with Gasteiger partial charge in [-0.25, -0.2) is 0 Å². The maximum atomic E-state index is 13.4. The molecule has 2 aromatic carbocycles. The van der Waals surface area contributed by atoms with E-state index in [1.807, 2.05) is 43.3 Å². The molecule has 3 unspecified atom stereocenters. The SMILES string of the molecule is COc1cccc(C2C3=C(CC(c4ccccc4)CC3=O)N=C(C)C2C#N)c1OC. The summed E-state index contributed by atoms with van der Waals surface area (Å²) in [6, 6.07) is 18.1. The van der Waals surface area contributed by atoms with Crippen molar-refractivity contribution in [3.05, 3.63) is 70.9 Å². The third-order valence-electron chi connectivity index (χ3n) is 6.07. The lowest BCUT2D eigenvalue weighted by Crippen LogP contribution is -2.32. The van der Waals surface area contributed by atoms with Gasteiger partial charge in [-0.1, -0.05) is 42.5 Å². The normalized spacial score (nSPS) is 23.3. The lowest BCUT2D eigenvalue weighted by molar-refractivity contribution is -0.116. The molecule has 1 heterocycles. The minimum atomic E-state index is -0.526. The van der Waals surface area contributed by atoms with Crippen LogP contribution in [-0.4, -0.2) is 25.7 Å². The summed E-state index contributed by atoms with van der Waals surface area (Å²) in [4.78, 5) is 18.1. The van der Waals surface area contributed by atoms with Gasteiger partial charge in [-0.15, -0.1) is 0 Å². The van der Waals surface area contributed by atoms with Crippen molar-refractivity contribution in [2.24, 2.45) is 10.9 Å². The Morgan fingerprint density at radius 2 is 1.80 bits per heavy atom. The van der Waals surface area contributed by atoms with Crippen molar-refractivity contribution in [2.45, 2.75) is 31.6 Å². The molecule has 0 N–H and O–H groups in total. The number of aliphatic imine (C=N–C) groups is 1. The fraction of sp³-hybridized carbons (Fsp3) is 0.320. The molecule has 0 radical (unpaired) electrons. The molecule has 1 aliphatic carbocycles. The summed E-state index contributed by atoms with van der Waals surface area (Å²) < 4.78 is 11.1. The van der Waals surface area contributed by atoms with Gasteiger partial charge in [0.15, 0.2) is 17.3 Å².